The smallest absolute Gasteiger partial charge is 0.330 e. The van der Waals surface area contributed by atoms with Gasteiger partial charge in [0.2, 0.25) is 0 Å². The summed E-state index contributed by atoms with van der Waals surface area (Å²) in [6.07, 6.45) is 8.53. The Hall–Kier alpha value is -1.51. The van der Waals surface area contributed by atoms with Crippen LogP contribution >= 0.6 is 0 Å². The molecule has 3 nitrogen and oxygen atoms in total. The van der Waals surface area contributed by atoms with Crippen LogP contribution in [0.5, 0.6) is 0 Å². The van der Waals surface area contributed by atoms with Crippen molar-refractivity contribution in [2.75, 3.05) is 20.2 Å². The van der Waals surface area contributed by atoms with Crippen molar-refractivity contribution in [3.05, 3.63) is 37.1 Å². The van der Waals surface area contributed by atoms with Crippen molar-refractivity contribution >= 4 is 5.97 Å². The van der Waals surface area contributed by atoms with Gasteiger partial charge in [0.15, 0.2) is 0 Å². The predicted octanol–water partition coefficient (Wildman–Crippen LogP) is 2.91. The lowest BCUT2D eigenvalue weighted by molar-refractivity contribution is -0.137. The first-order valence-corrected chi connectivity index (χ1v) is 5.89. The highest BCUT2D eigenvalue weighted by molar-refractivity contribution is 5.81. The minimum atomic E-state index is -0.369. The van der Waals surface area contributed by atoms with Gasteiger partial charge in [-0.05, 0) is 26.2 Å². The van der Waals surface area contributed by atoms with Crippen molar-refractivity contribution in [3.8, 4) is 0 Å². The maximum Gasteiger partial charge on any atom is 0.330 e. The van der Waals surface area contributed by atoms with E-state index in [1.807, 2.05) is 13.1 Å². The van der Waals surface area contributed by atoms with Crippen LogP contribution in [-0.4, -0.2) is 31.1 Å². The summed E-state index contributed by atoms with van der Waals surface area (Å²) < 4.78 is 4.92. The van der Waals surface area contributed by atoms with Gasteiger partial charge in [-0.3, -0.25) is 0 Å². The fourth-order valence-corrected chi connectivity index (χ4v) is 1.25. The van der Waals surface area contributed by atoms with Crippen molar-refractivity contribution in [1.82, 2.24) is 4.90 Å². The van der Waals surface area contributed by atoms with Gasteiger partial charge in [-0.1, -0.05) is 18.7 Å². The number of likely N-dealkylation sites (N-methyl/N-ethyl adjacent to an activating group) is 1. The molecule has 0 bridgehead atoms. The Labute approximate surface area is 104 Å². The molecule has 0 atom stereocenters. The Morgan fingerprint density at radius 1 is 1.35 bits per heavy atom. The number of carbonyl (C=O) groups excluding carboxylic acids is 1. The molecule has 0 aromatic carbocycles. The van der Waals surface area contributed by atoms with E-state index in [9.17, 15) is 4.79 Å². The van der Waals surface area contributed by atoms with E-state index in [1.165, 1.54) is 11.8 Å². The maximum atomic E-state index is 10.8. The number of hydrogen-bond acceptors (Lipinski definition) is 3. The molecule has 0 amide bonds. The molecule has 0 spiro atoms. The topological polar surface area (TPSA) is 29.5 Å². The molecule has 0 radical (unpaired) electrons. The summed E-state index contributed by atoms with van der Waals surface area (Å²) in [6.45, 7) is 10.2. The van der Waals surface area contributed by atoms with Crippen LogP contribution in [0.3, 0.4) is 0 Å². The van der Waals surface area contributed by atoms with Crippen molar-refractivity contribution in [2.45, 2.75) is 26.2 Å². The third kappa shape index (κ3) is 8.31. The minimum absolute atomic E-state index is 0.369. The molecule has 0 N–H and O–H groups in total. The van der Waals surface area contributed by atoms with E-state index in [0.29, 0.717) is 13.2 Å². The monoisotopic (exact) mass is 237 g/mol. The highest BCUT2D eigenvalue weighted by Gasteiger charge is 2.00. The van der Waals surface area contributed by atoms with E-state index in [0.717, 1.165) is 19.3 Å². The van der Waals surface area contributed by atoms with E-state index in [1.54, 1.807) is 0 Å². The number of carbonyl (C=O) groups is 1. The van der Waals surface area contributed by atoms with Crippen LogP contribution < -0.4 is 0 Å². The van der Waals surface area contributed by atoms with Gasteiger partial charge in [-0.2, -0.15) is 0 Å². The fourth-order valence-electron chi connectivity index (χ4n) is 1.25. The van der Waals surface area contributed by atoms with Crippen molar-refractivity contribution in [1.29, 1.82) is 0 Å². The van der Waals surface area contributed by atoms with Gasteiger partial charge < -0.3 is 9.64 Å². The van der Waals surface area contributed by atoms with Gasteiger partial charge in [0, 0.05) is 18.8 Å². The van der Waals surface area contributed by atoms with E-state index in [2.05, 4.69) is 31.1 Å². The summed E-state index contributed by atoms with van der Waals surface area (Å²) in [5.74, 6) is -0.369. The van der Waals surface area contributed by atoms with Crippen molar-refractivity contribution in [2.24, 2.45) is 0 Å². The molecule has 96 valence electrons. The molecular weight excluding hydrogens is 214 g/mol. The zero-order valence-electron chi connectivity index (χ0n) is 10.9. The standard InChI is InChI=1S/C14H23NO2/c1-5-7-8-9-10-13(3)15(4)11-12-17-14(16)6-2/h5-6,10H,1-2,7-9,11-12H2,3-4H3/b13-10+. The molecule has 0 aliphatic rings. The lowest BCUT2D eigenvalue weighted by Crippen LogP contribution is -2.22. The zero-order valence-corrected chi connectivity index (χ0v) is 10.9. The molecule has 17 heavy (non-hydrogen) atoms. The molecule has 0 aromatic rings. The lowest BCUT2D eigenvalue weighted by Gasteiger charge is -2.19. The molecule has 0 saturated heterocycles. The van der Waals surface area contributed by atoms with Crippen LogP contribution in [0.15, 0.2) is 37.1 Å². The van der Waals surface area contributed by atoms with Gasteiger partial charge in [0.25, 0.3) is 0 Å². The lowest BCUT2D eigenvalue weighted by atomic mass is 10.2. The van der Waals surface area contributed by atoms with Crippen LogP contribution in [0.1, 0.15) is 26.2 Å². The van der Waals surface area contributed by atoms with Gasteiger partial charge in [0.05, 0.1) is 6.54 Å². The first-order valence-electron chi connectivity index (χ1n) is 5.89. The molecule has 0 rings (SSSR count). The largest absolute Gasteiger partial charge is 0.461 e. The van der Waals surface area contributed by atoms with Gasteiger partial charge >= 0.3 is 5.97 Å². The molecule has 0 heterocycles. The molecular formula is C14H23NO2. The van der Waals surface area contributed by atoms with Crippen LogP contribution in [0.4, 0.5) is 0 Å². The minimum Gasteiger partial charge on any atom is -0.461 e. The van der Waals surface area contributed by atoms with Crippen LogP contribution in [0.2, 0.25) is 0 Å². The SMILES string of the molecule is C=CCCC/C=C(\C)N(C)CCOC(=O)C=C. The second-order valence-electron chi connectivity index (χ2n) is 3.86. The third-order valence-electron chi connectivity index (χ3n) is 2.49. The molecule has 3 heteroatoms. The first kappa shape index (κ1) is 15.5. The van der Waals surface area contributed by atoms with Crippen LogP contribution in [0, 0.1) is 0 Å². The van der Waals surface area contributed by atoms with Gasteiger partial charge in [-0.15, -0.1) is 6.58 Å². The molecule has 0 aliphatic heterocycles. The maximum absolute atomic E-state index is 10.8. The van der Waals surface area contributed by atoms with E-state index >= 15 is 0 Å². The molecule has 0 unspecified atom stereocenters. The average molecular weight is 237 g/mol. The Kier molecular flexibility index (Phi) is 8.84. The molecule has 0 aromatic heterocycles. The van der Waals surface area contributed by atoms with Crippen molar-refractivity contribution < 1.29 is 9.53 Å². The number of unbranched alkanes of at least 4 members (excludes halogenated alkanes) is 2. The third-order valence-corrected chi connectivity index (χ3v) is 2.49. The van der Waals surface area contributed by atoms with E-state index in [-0.39, 0.29) is 5.97 Å². The Morgan fingerprint density at radius 2 is 2.06 bits per heavy atom. The Bertz CT molecular complexity index is 282. The quantitative estimate of drug-likeness (QED) is 0.267. The van der Waals surface area contributed by atoms with Crippen LogP contribution in [0.25, 0.3) is 0 Å². The summed E-state index contributed by atoms with van der Waals surface area (Å²) in [4.78, 5) is 12.9. The number of nitrogens with zero attached hydrogens (tertiary/aromatic N) is 1. The number of esters is 1. The summed E-state index contributed by atoms with van der Waals surface area (Å²) in [6, 6.07) is 0. The highest BCUT2D eigenvalue weighted by atomic mass is 16.5. The molecule has 0 aliphatic carbocycles. The summed E-state index contributed by atoms with van der Waals surface area (Å²) in [5.41, 5.74) is 1.20. The second-order valence-corrected chi connectivity index (χ2v) is 3.86. The summed E-state index contributed by atoms with van der Waals surface area (Å²) in [7, 11) is 1.99. The molecule has 0 fully saturated rings. The van der Waals surface area contributed by atoms with Crippen LogP contribution in [-0.2, 0) is 9.53 Å². The summed E-state index contributed by atoms with van der Waals surface area (Å²) >= 11 is 0. The Balaban J connectivity index is 3.79. The highest BCUT2D eigenvalue weighted by Crippen LogP contribution is 2.05. The number of rotatable bonds is 9. The second kappa shape index (κ2) is 9.70. The van der Waals surface area contributed by atoms with E-state index in [4.69, 9.17) is 4.74 Å². The number of hydrogen-bond donors (Lipinski definition) is 0. The first-order chi connectivity index (χ1) is 8.11. The predicted molar refractivity (Wildman–Crippen MR) is 71.6 cm³/mol. The fraction of sp³-hybridized carbons (Fsp3) is 0.500. The number of ether oxygens (including phenoxy) is 1. The Morgan fingerprint density at radius 3 is 2.65 bits per heavy atom. The van der Waals surface area contributed by atoms with Gasteiger partial charge in [0.1, 0.15) is 6.61 Å². The average Bonchev–Trinajstić information content (AvgIpc) is 2.33. The van der Waals surface area contributed by atoms with Gasteiger partial charge in [-0.25, -0.2) is 4.79 Å². The van der Waals surface area contributed by atoms with E-state index < -0.39 is 0 Å². The normalized spacial score (nSPS) is 10.8. The number of allylic oxidation sites excluding steroid dienone is 3. The summed E-state index contributed by atoms with van der Waals surface area (Å²) in [5, 5.41) is 0. The van der Waals surface area contributed by atoms with Crippen molar-refractivity contribution in [3.63, 3.8) is 0 Å². The molecule has 0 saturated carbocycles. The zero-order chi connectivity index (χ0) is 13.1.